The van der Waals surface area contributed by atoms with Gasteiger partial charge in [0, 0.05) is 24.9 Å². The molecule has 0 saturated carbocycles. The third-order valence-electron chi connectivity index (χ3n) is 3.28. The highest BCUT2D eigenvalue weighted by Gasteiger charge is 2.16. The molecule has 1 unspecified atom stereocenters. The maximum absolute atomic E-state index is 12.0. The number of carbonyl (C=O) groups is 1. The first-order valence-electron chi connectivity index (χ1n) is 6.54. The Kier molecular flexibility index (Phi) is 4.63. The molecule has 1 aromatic rings. The molecule has 1 atom stereocenters. The maximum atomic E-state index is 12.0. The molecule has 0 aliphatic carbocycles. The minimum atomic E-state index is -0.154. The van der Waals surface area contributed by atoms with Crippen LogP contribution in [0.15, 0.2) is 18.2 Å². The third-order valence-corrected chi connectivity index (χ3v) is 3.28. The molecule has 0 bridgehead atoms. The lowest BCUT2D eigenvalue weighted by molar-refractivity contribution is 0.0908. The van der Waals surface area contributed by atoms with Crippen molar-refractivity contribution >= 4 is 11.6 Å². The molecule has 3 N–H and O–H groups in total. The lowest BCUT2D eigenvalue weighted by Gasteiger charge is -2.11. The summed E-state index contributed by atoms with van der Waals surface area (Å²) in [5.41, 5.74) is 6.73. The summed E-state index contributed by atoms with van der Waals surface area (Å²) in [6, 6.07) is 5.05. The van der Waals surface area contributed by atoms with Gasteiger partial charge in [0.15, 0.2) is 0 Å². The van der Waals surface area contributed by atoms with Crippen molar-refractivity contribution in [3.05, 3.63) is 23.8 Å². The number of hydrogen-bond donors (Lipinski definition) is 2. The number of benzene rings is 1. The van der Waals surface area contributed by atoms with E-state index in [9.17, 15) is 4.79 Å². The van der Waals surface area contributed by atoms with E-state index in [4.69, 9.17) is 15.2 Å². The molecule has 1 aliphatic rings. The third kappa shape index (κ3) is 3.61. The van der Waals surface area contributed by atoms with Crippen LogP contribution < -0.4 is 15.8 Å². The van der Waals surface area contributed by atoms with Crippen LogP contribution in [0.5, 0.6) is 5.75 Å². The minimum absolute atomic E-state index is 0.154. The number of nitrogens with two attached hydrogens (primary N) is 1. The topological polar surface area (TPSA) is 73.6 Å². The number of carbonyl (C=O) groups excluding carboxylic acids is 1. The number of amides is 1. The van der Waals surface area contributed by atoms with E-state index in [2.05, 4.69) is 5.32 Å². The van der Waals surface area contributed by atoms with E-state index >= 15 is 0 Å². The summed E-state index contributed by atoms with van der Waals surface area (Å²) >= 11 is 0. The average molecular weight is 264 g/mol. The zero-order valence-electron chi connectivity index (χ0n) is 11.1. The molecule has 2 rings (SSSR count). The van der Waals surface area contributed by atoms with E-state index < -0.39 is 0 Å². The van der Waals surface area contributed by atoms with Gasteiger partial charge in [0.2, 0.25) is 0 Å². The first kappa shape index (κ1) is 13.7. The predicted molar refractivity (Wildman–Crippen MR) is 73.3 cm³/mol. The van der Waals surface area contributed by atoms with Crippen LogP contribution in [0.1, 0.15) is 29.6 Å². The maximum Gasteiger partial charge on any atom is 0.253 e. The molecule has 19 heavy (non-hydrogen) atoms. The van der Waals surface area contributed by atoms with Crippen LogP contribution in [0.2, 0.25) is 0 Å². The Morgan fingerprint density at radius 1 is 1.58 bits per heavy atom. The molecule has 0 aromatic heterocycles. The summed E-state index contributed by atoms with van der Waals surface area (Å²) < 4.78 is 10.6. The van der Waals surface area contributed by atoms with Crippen molar-refractivity contribution in [2.75, 3.05) is 26.0 Å². The van der Waals surface area contributed by atoms with Crippen molar-refractivity contribution in [3.8, 4) is 5.75 Å². The zero-order valence-corrected chi connectivity index (χ0v) is 11.1. The zero-order chi connectivity index (χ0) is 13.7. The van der Waals surface area contributed by atoms with Gasteiger partial charge in [-0.3, -0.25) is 4.79 Å². The van der Waals surface area contributed by atoms with Gasteiger partial charge in [-0.05, 0) is 31.4 Å². The van der Waals surface area contributed by atoms with Crippen LogP contribution in [0.3, 0.4) is 0 Å². The second-order valence-corrected chi connectivity index (χ2v) is 4.63. The Morgan fingerprint density at radius 2 is 2.42 bits per heavy atom. The molecule has 1 saturated heterocycles. The van der Waals surface area contributed by atoms with E-state index in [1.807, 2.05) is 0 Å². The van der Waals surface area contributed by atoms with Gasteiger partial charge in [-0.1, -0.05) is 0 Å². The number of anilines is 1. The highest BCUT2D eigenvalue weighted by atomic mass is 16.5. The first-order valence-corrected chi connectivity index (χ1v) is 6.54. The molecule has 5 nitrogen and oxygen atoms in total. The van der Waals surface area contributed by atoms with Crippen LogP contribution in [0, 0.1) is 0 Å². The van der Waals surface area contributed by atoms with E-state index in [-0.39, 0.29) is 12.0 Å². The molecule has 1 fully saturated rings. The van der Waals surface area contributed by atoms with Crippen molar-refractivity contribution in [2.24, 2.45) is 0 Å². The fourth-order valence-electron chi connectivity index (χ4n) is 2.19. The summed E-state index contributed by atoms with van der Waals surface area (Å²) in [4.78, 5) is 12.0. The van der Waals surface area contributed by atoms with Gasteiger partial charge in [0.1, 0.15) is 5.75 Å². The monoisotopic (exact) mass is 264 g/mol. The summed E-state index contributed by atoms with van der Waals surface area (Å²) in [5, 5.41) is 2.86. The van der Waals surface area contributed by atoms with Crippen LogP contribution in [0.25, 0.3) is 0 Å². The molecule has 104 valence electrons. The van der Waals surface area contributed by atoms with Gasteiger partial charge < -0.3 is 20.5 Å². The molecule has 0 spiro atoms. The molecular weight excluding hydrogens is 244 g/mol. The van der Waals surface area contributed by atoms with Gasteiger partial charge in [0.25, 0.3) is 5.91 Å². The Bertz CT molecular complexity index is 442. The standard InChI is InChI=1S/C14H20N2O3/c1-18-11-4-5-12(13(15)9-11)14(17)16-7-6-10-3-2-8-19-10/h4-5,9-10H,2-3,6-8,15H2,1H3,(H,16,17). The van der Waals surface area contributed by atoms with E-state index in [0.29, 0.717) is 23.5 Å². The van der Waals surface area contributed by atoms with Crippen molar-refractivity contribution in [1.29, 1.82) is 0 Å². The van der Waals surface area contributed by atoms with Gasteiger partial charge in [0.05, 0.1) is 18.8 Å². The van der Waals surface area contributed by atoms with Crippen LogP contribution in [-0.4, -0.2) is 32.3 Å². The molecule has 5 heteroatoms. The van der Waals surface area contributed by atoms with Gasteiger partial charge >= 0.3 is 0 Å². The highest BCUT2D eigenvalue weighted by molar-refractivity contribution is 5.99. The average Bonchev–Trinajstić information content (AvgIpc) is 2.91. The van der Waals surface area contributed by atoms with Crippen molar-refractivity contribution in [3.63, 3.8) is 0 Å². The number of ether oxygens (including phenoxy) is 2. The number of rotatable bonds is 5. The first-order chi connectivity index (χ1) is 9.20. The summed E-state index contributed by atoms with van der Waals surface area (Å²) in [7, 11) is 1.57. The van der Waals surface area contributed by atoms with Crippen molar-refractivity contribution in [2.45, 2.75) is 25.4 Å². The molecule has 1 aromatic carbocycles. The number of hydrogen-bond acceptors (Lipinski definition) is 4. The highest BCUT2D eigenvalue weighted by Crippen LogP contribution is 2.19. The largest absolute Gasteiger partial charge is 0.497 e. The lowest BCUT2D eigenvalue weighted by Crippen LogP contribution is -2.27. The molecule has 0 radical (unpaired) electrons. The number of nitrogens with one attached hydrogen (secondary N) is 1. The number of nitrogen functional groups attached to an aromatic ring is 1. The van der Waals surface area contributed by atoms with Crippen molar-refractivity contribution in [1.82, 2.24) is 5.32 Å². The molecular formula is C14H20N2O3. The summed E-state index contributed by atoms with van der Waals surface area (Å²) in [6.07, 6.45) is 3.33. The summed E-state index contributed by atoms with van der Waals surface area (Å²) in [6.45, 7) is 1.44. The van der Waals surface area contributed by atoms with Gasteiger partial charge in [-0.2, -0.15) is 0 Å². The second-order valence-electron chi connectivity index (χ2n) is 4.63. The molecule has 1 aliphatic heterocycles. The Balaban J connectivity index is 1.85. The fourth-order valence-corrected chi connectivity index (χ4v) is 2.19. The van der Waals surface area contributed by atoms with Crippen molar-refractivity contribution < 1.29 is 14.3 Å². The van der Waals surface area contributed by atoms with Crippen LogP contribution in [-0.2, 0) is 4.74 Å². The van der Waals surface area contributed by atoms with E-state index in [1.165, 1.54) is 0 Å². The van der Waals surface area contributed by atoms with Crippen LogP contribution in [0.4, 0.5) is 5.69 Å². The van der Waals surface area contributed by atoms with Gasteiger partial charge in [-0.15, -0.1) is 0 Å². The normalized spacial score (nSPS) is 18.3. The predicted octanol–water partition coefficient (Wildman–Crippen LogP) is 1.58. The Morgan fingerprint density at radius 3 is 3.05 bits per heavy atom. The molecule has 1 heterocycles. The van der Waals surface area contributed by atoms with E-state index in [1.54, 1.807) is 25.3 Å². The minimum Gasteiger partial charge on any atom is -0.497 e. The quantitative estimate of drug-likeness (QED) is 0.792. The SMILES string of the molecule is COc1ccc(C(=O)NCCC2CCCO2)c(N)c1. The van der Waals surface area contributed by atoms with E-state index in [0.717, 1.165) is 25.9 Å². The lowest BCUT2D eigenvalue weighted by atomic mass is 10.1. The number of methoxy groups -OCH3 is 1. The second kappa shape index (κ2) is 6.43. The smallest absolute Gasteiger partial charge is 0.253 e. The Hall–Kier alpha value is -1.75. The fraction of sp³-hybridized carbons (Fsp3) is 0.500. The van der Waals surface area contributed by atoms with Gasteiger partial charge in [-0.25, -0.2) is 0 Å². The Labute approximate surface area is 113 Å². The van der Waals surface area contributed by atoms with Crippen LogP contribution >= 0.6 is 0 Å². The molecule has 1 amide bonds. The summed E-state index contributed by atoms with van der Waals surface area (Å²) in [5.74, 6) is 0.492.